The number of phosphoric ester groups is 1. The molecule has 0 amide bonds. The molecule has 8 nitrogen and oxygen atoms in total. The summed E-state index contributed by atoms with van der Waals surface area (Å²) < 4.78 is 32.5. The summed E-state index contributed by atoms with van der Waals surface area (Å²) in [4.78, 5) is 43.5. The van der Waals surface area contributed by atoms with Crippen molar-refractivity contribution in [1.29, 1.82) is 0 Å². The topological polar surface area (TPSA) is 141 Å². The summed E-state index contributed by atoms with van der Waals surface area (Å²) in [6.07, 6.45) is 3.01. The molecule has 0 radical (unpaired) electrons. The Bertz CT molecular complexity index is 994. The molecule has 10 heteroatoms. The number of alkyl halides is 1. The first kappa shape index (κ1) is 22.8. The van der Waals surface area contributed by atoms with Crippen molar-refractivity contribution in [2.24, 2.45) is 39.9 Å². The SMILES string of the molecule is C[C@H]1C[C@H]2[C@@H]3CC[C@@]45C=CC(=O)[C@@H]4[C@@]5(C)[C@@]3(F)[C@@H](O)C[C@]2(C)[C@@]1(O)C(=O)COP(=O)(O)O. The number of halogens is 1. The van der Waals surface area contributed by atoms with Crippen LogP contribution in [0.15, 0.2) is 12.2 Å². The Balaban J connectivity index is 1.53. The fraction of sp³-hybridized carbons (Fsp3) is 0.818. The average Bonchev–Trinajstić information content (AvgIpc) is 2.98. The van der Waals surface area contributed by atoms with E-state index < -0.39 is 77.5 Å². The molecule has 1 spiro atoms. The first-order valence-corrected chi connectivity index (χ1v) is 12.7. The number of carbonyl (C=O) groups excluding carboxylic acids is 2. The summed E-state index contributed by atoms with van der Waals surface area (Å²) in [6, 6.07) is 0. The molecule has 178 valence electrons. The van der Waals surface area contributed by atoms with E-state index in [1.54, 1.807) is 20.8 Å². The number of hydrogen-bond donors (Lipinski definition) is 4. The van der Waals surface area contributed by atoms with E-state index in [1.807, 2.05) is 6.08 Å². The van der Waals surface area contributed by atoms with Gasteiger partial charge in [-0.1, -0.05) is 26.8 Å². The number of fused-ring (bicyclic) bond motifs is 5. The van der Waals surface area contributed by atoms with Crippen molar-refractivity contribution in [1.82, 2.24) is 0 Å². The summed E-state index contributed by atoms with van der Waals surface area (Å²) in [5, 5.41) is 22.9. The van der Waals surface area contributed by atoms with Crippen LogP contribution >= 0.6 is 7.82 Å². The highest BCUT2D eigenvalue weighted by molar-refractivity contribution is 7.46. The first-order valence-electron chi connectivity index (χ1n) is 11.2. The van der Waals surface area contributed by atoms with Gasteiger partial charge in [0.2, 0.25) is 0 Å². The lowest BCUT2D eigenvalue weighted by atomic mass is 9.47. The molecule has 0 aromatic heterocycles. The van der Waals surface area contributed by atoms with E-state index in [4.69, 9.17) is 9.79 Å². The minimum atomic E-state index is -4.92. The van der Waals surface area contributed by atoms with Gasteiger partial charge in [-0.3, -0.25) is 14.1 Å². The highest BCUT2D eigenvalue weighted by Gasteiger charge is 2.90. The zero-order valence-corrected chi connectivity index (χ0v) is 19.2. The molecular formula is C22H30FO8P. The summed E-state index contributed by atoms with van der Waals surface area (Å²) in [7, 11) is -4.92. The lowest BCUT2D eigenvalue weighted by Gasteiger charge is -2.59. The number of allylic oxidation sites excluding steroid dienone is 2. The Morgan fingerprint density at radius 2 is 1.97 bits per heavy atom. The Labute approximate surface area is 185 Å². The highest BCUT2D eigenvalue weighted by Crippen LogP contribution is 2.86. The zero-order valence-electron chi connectivity index (χ0n) is 18.3. The van der Waals surface area contributed by atoms with Gasteiger partial charge in [0, 0.05) is 22.2 Å². The molecule has 0 aromatic carbocycles. The van der Waals surface area contributed by atoms with Gasteiger partial charge in [-0.05, 0) is 49.5 Å². The number of phosphoric acid groups is 1. The number of ketones is 2. The van der Waals surface area contributed by atoms with Crippen LogP contribution in [0.1, 0.15) is 46.5 Å². The number of rotatable bonds is 4. The number of aliphatic hydroxyl groups excluding tert-OH is 1. The third kappa shape index (κ3) is 2.24. The second kappa shape index (κ2) is 6.18. The van der Waals surface area contributed by atoms with Crippen LogP contribution in [-0.4, -0.2) is 55.5 Å². The monoisotopic (exact) mass is 472 g/mol. The summed E-state index contributed by atoms with van der Waals surface area (Å²) in [5.41, 5.74) is -6.85. The van der Waals surface area contributed by atoms with Crippen molar-refractivity contribution >= 4 is 19.4 Å². The first-order chi connectivity index (χ1) is 14.6. The minimum Gasteiger partial charge on any atom is -0.390 e. The Hall–Kier alpha value is -0.960. The lowest BCUT2D eigenvalue weighted by molar-refractivity contribution is -0.223. The molecule has 0 bridgehead atoms. The van der Waals surface area contributed by atoms with Crippen molar-refractivity contribution in [2.75, 3.05) is 6.61 Å². The van der Waals surface area contributed by atoms with E-state index in [9.17, 15) is 24.4 Å². The predicted molar refractivity (Wildman–Crippen MR) is 109 cm³/mol. The van der Waals surface area contributed by atoms with Gasteiger partial charge in [0.15, 0.2) is 11.6 Å². The molecule has 0 heterocycles. The van der Waals surface area contributed by atoms with Gasteiger partial charge >= 0.3 is 7.82 Å². The molecule has 5 rings (SSSR count). The van der Waals surface area contributed by atoms with Crippen molar-refractivity contribution in [3.8, 4) is 0 Å². The minimum absolute atomic E-state index is 0.105. The van der Waals surface area contributed by atoms with Gasteiger partial charge < -0.3 is 20.0 Å². The van der Waals surface area contributed by atoms with Gasteiger partial charge in [-0.2, -0.15) is 0 Å². The molecule has 0 unspecified atom stereocenters. The summed E-state index contributed by atoms with van der Waals surface area (Å²) in [6.45, 7) is 4.10. The molecule has 0 aromatic rings. The van der Waals surface area contributed by atoms with Crippen molar-refractivity contribution < 1.29 is 43.1 Å². The van der Waals surface area contributed by atoms with Crippen LogP contribution in [0.4, 0.5) is 4.39 Å². The van der Waals surface area contributed by atoms with Crippen molar-refractivity contribution in [3.05, 3.63) is 12.2 Å². The maximum absolute atomic E-state index is 17.1. The quantitative estimate of drug-likeness (QED) is 0.453. The average molecular weight is 472 g/mol. The molecule has 4 fully saturated rings. The third-order valence-electron chi connectivity index (χ3n) is 10.4. The lowest BCUT2D eigenvalue weighted by Crippen LogP contribution is -2.68. The van der Waals surface area contributed by atoms with E-state index in [2.05, 4.69) is 4.52 Å². The molecule has 4 N–H and O–H groups in total. The fourth-order valence-electron chi connectivity index (χ4n) is 8.97. The van der Waals surface area contributed by atoms with Gasteiger partial charge in [0.25, 0.3) is 0 Å². The normalized spacial score (nSPS) is 55.8. The van der Waals surface area contributed by atoms with Crippen LogP contribution in [0, 0.1) is 39.9 Å². The molecule has 4 saturated carbocycles. The highest BCUT2D eigenvalue weighted by atomic mass is 31.2. The molecular weight excluding hydrogens is 442 g/mol. The molecule has 0 saturated heterocycles. The summed E-state index contributed by atoms with van der Waals surface area (Å²) in [5.74, 6) is -3.18. The van der Waals surface area contributed by atoms with Crippen LogP contribution in [0.3, 0.4) is 0 Å². The van der Waals surface area contributed by atoms with Crippen LogP contribution in [0.5, 0.6) is 0 Å². The van der Waals surface area contributed by atoms with Crippen molar-refractivity contribution in [2.45, 2.75) is 63.8 Å². The van der Waals surface area contributed by atoms with E-state index in [0.29, 0.717) is 19.3 Å². The second-order valence-electron chi connectivity index (χ2n) is 11.2. The van der Waals surface area contributed by atoms with Crippen LogP contribution < -0.4 is 0 Å². The Morgan fingerprint density at radius 3 is 2.59 bits per heavy atom. The number of hydrogen-bond acceptors (Lipinski definition) is 6. The Morgan fingerprint density at radius 1 is 1.31 bits per heavy atom. The third-order valence-corrected chi connectivity index (χ3v) is 10.9. The predicted octanol–water partition coefficient (Wildman–Crippen LogP) is 1.70. The Kier molecular flexibility index (Phi) is 4.40. The maximum Gasteiger partial charge on any atom is 0.470 e. The van der Waals surface area contributed by atoms with Gasteiger partial charge in [0.05, 0.1) is 6.10 Å². The largest absolute Gasteiger partial charge is 0.470 e. The van der Waals surface area contributed by atoms with Crippen LogP contribution in [0.25, 0.3) is 0 Å². The molecule has 10 atom stereocenters. The maximum atomic E-state index is 17.1. The van der Waals surface area contributed by atoms with E-state index in [0.717, 1.165) is 0 Å². The number of Topliss-reactive ketones (excluding diaryl/α,β-unsaturated/α-hetero) is 1. The van der Waals surface area contributed by atoms with E-state index >= 15 is 4.39 Å². The van der Waals surface area contributed by atoms with E-state index in [-0.39, 0.29) is 12.2 Å². The van der Waals surface area contributed by atoms with Crippen LogP contribution in [0.2, 0.25) is 0 Å². The van der Waals surface area contributed by atoms with Gasteiger partial charge in [-0.25, -0.2) is 8.96 Å². The van der Waals surface area contributed by atoms with E-state index in [1.165, 1.54) is 6.08 Å². The summed E-state index contributed by atoms with van der Waals surface area (Å²) >= 11 is 0. The smallest absolute Gasteiger partial charge is 0.390 e. The van der Waals surface area contributed by atoms with Gasteiger partial charge in [-0.15, -0.1) is 0 Å². The fourth-order valence-corrected chi connectivity index (χ4v) is 9.25. The number of aliphatic hydroxyl groups is 2. The second-order valence-corrected chi connectivity index (χ2v) is 12.4. The standard InChI is InChI=1S/C22H30FO8P/c1-11-8-13-12-4-6-20-7-5-14(24)17(20)19(20,3)21(12,23)15(25)9-18(13,2)22(11,27)16(26)10-31-32(28,29)30/h5,7,11-13,15,17,25,27H,4,6,8-10H2,1-3H3,(H2,28,29,30)/t11-,12-,13-,15-,17+,18-,19+,20+,21-,22-/m0/s1. The van der Waals surface area contributed by atoms with Crippen LogP contribution in [-0.2, 0) is 18.7 Å². The molecule has 5 aliphatic carbocycles. The molecule has 0 aliphatic heterocycles. The van der Waals surface area contributed by atoms with Crippen molar-refractivity contribution in [3.63, 3.8) is 0 Å². The van der Waals surface area contributed by atoms with Gasteiger partial charge in [0.1, 0.15) is 17.9 Å². The zero-order chi connectivity index (χ0) is 23.7. The molecule has 32 heavy (non-hydrogen) atoms. The molecule has 5 aliphatic rings. The number of carbonyl (C=O) groups is 2.